The monoisotopic (exact) mass is 431 g/mol. The Balaban J connectivity index is 1.76. The number of amides is 1. The summed E-state index contributed by atoms with van der Waals surface area (Å²) in [5.74, 6) is 0.245. The first-order valence-corrected chi connectivity index (χ1v) is 10.2. The lowest BCUT2D eigenvalue weighted by molar-refractivity contribution is 0.0749. The van der Waals surface area contributed by atoms with Crippen LogP contribution < -0.4 is 4.74 Å². The predicted molar refractivity (Wildman–Crippen MR) is 122 cm³/mol. The quantitative estimate of drug-likeness (QED) is 0.411. The molecule has 2 aromatic carbocycles. The standard InChI is InChI=1S/C25H22ClN3O2/c1-28(24(18-10-4-3-5-11-18)21-12-6-7-13-27-21)25(30)19-16-20(26)22(17-23(19)31-2)29-14-8-9-15-29/h3-17,24H,1-2H3. The van der Waals surface area contributed by atoms with Crippen LogP contribution in [0.4, 0.5) is 0 Å². The number of rotatable bonds is 6. The van der Waals surface area contributed by atoms with E-state index in [4.69, 9.17) is 16.3 Å². The van der Waals surface area contributed by atoms with Gasteiger partial charge in [-0.1, -0.05) is 48.0 Å². The molecule has 0 radical (unpaired) electrons. The molecule has 2 heterocycles. The summed E-state index contributed by atoms with van der Waals surface area (Å²) in [6.45, 7) is 0. The molecular formula is C25H22ClN3O2. The first-order valence-electron chi connectivity index (χ1n) is 9.84. The molecule has 1 unspecified atom stereocenters. The van der Waals surface area contributed by atoms with E-state index >= 15 is 0 Å². The van der Waals surface area contributed by atoms with Crippen LogP contribution in [0.3, 0.4) is 0 Å². The van der Waals surface area contributed by atoms with Crippen LogP contribution in [0.2, 0.25) is 5.02 Å². The van der Waals surface area contributed by atoms with E-state index < -0.39 is 0 Å². The number of halogens is 1. The Morgan fingerprint density at radius 2 is 1.74 bits per heavy atom. The van der Waals surface area contributed by atoms with Crippen molar-refractivity contribution in [2.24, 2.45) is 0 Å². The van der Waals surface area contributed by atoms with Gasteiger partial charge in [0, 0.05) is 31.7 Å². The maximum absolute atomic E-state index is 13.6. The van der Waals surface area contributed by atoms with E-state index in [0.717, 1.165) is 16.9 Å². The van der Waals surface area contributed by atoms with Crippen molar-refractivity contribution < 1.29 is 9.53 Å². The van der Waals surface area contributed by atoms with Gasteiger partial charge in [-0.3, -0.25) is 9.78 Å². The second-order valence-electron chi connectivity index (χ2n) is 7.08. The van der Waals surface area contributed by atoms with Crippen LogP contribution >= 0.6 is 11.6 Å². The van der Waals surface area contributed by atoms with Crippen molar-refractivity contribution in [1.29, 1.82) is 0 Å². The molecule has 31 heavy (non-hydrogen) atoms. The minimum Gasteiger partial charge on any atom is -0.496 e. The Hall–Kier alpha value is -3.57. The molecule has 2 aromatic heterocycles. The number of hydrogen-bond donors (Lipinski definition) is 0. The highest BCUT2D eigenvalue weighted by molar-refractivity contribution is 6.33. The fraction of sp³-hybridized carbons (Fsp3) is 0.120. The van der Waals surface area contributed by atoms with Gasteiger partial charge < -0.3 is 14.2 Å². The molecule has 0 fully saturated rings. The second kappa shape index (κ2) is 9.06. The number of pyridine rings is 1. The Morgan fingerprint density at radius 3 is 2.39 bits per heavy atom. The Kier molecular flexibility index (Phi) is 6.05. The molecule has 0 aliphatic heterocycles. The average Bonchev–Trinajstić information content (AvgIpc) is 3.34. The van der Waals surface area contributed by atoms with Gasteiger partial charge in [-0.15, -0.1) is 0 Å². The zero-order valence-electron chi connectivity index (χ0n) is 17.3. The molecule has 1 atom stereocenters. The van der Waals surface area contributed by atoms with Crippen molar-refractivity contribution in [1.82, 2.24) is 14.5 Å². The van der Waals surface area contributed by atoms with Crippen LogP contribution in [0.15, 0.2) is 91.4 Å². The second-order valence-corrected chi connectivity index (χ2v) is 7.49. The normalized spacial score (nSPS) is 11.7. The first-order chi connectivity index (χ1) is 15.1. The summed E-state index contributed by atoms with van der Waals surface area (Å²) in [6.07, 6.45) is 5.51. The number of ether oxygens (including phenoxy) is 1. The zero-order valence-corrected chi connectivity index (χ0v) is 18.0. The molecule has 0 saturated carbocycles. The van der Waals surface area contributed by atoms with Crippen LogP contribution in [0.5, 0.6) is 5.75 Å². The number of methoxy groups -OCH3 is 1. The van der Waals surface area contributed by atoms with Crippen LogP contribution in [-0.2, 0) is 0 Å². The predicted octanol–water partition coefficient (Wildman–Crippen LogP) is 5.40. The molecule has 5 nitrogen and oxygen atoms in total. The number of carbonyl (C=O) groups is 1. The highest BCUT2D eigenvalue weighted by Gasteiger charge is 2.28. The van der Waals surface area contributed by atoms with Crippen molar-refractivity contribution in [2.45, 2.75) is 6.04 Å². The number of aromatic nitrogens is 2. The fourth-order valence-corrected chi connectivity index (χ4v) is 3.91. The van der Waals surface area contributed by atoms with E-state index in [9.17, 15) is 4.79 Å². The van der Waals surface area contributed by atoms with Crippen molar-refractivity contribution in [3.8, 4) is 11.4 Å². The van der Waals surface area contributed by atoms with Gasteiger partial charge in [-0.25, -0.2) is 0 Å². The molecule has 0 aliphatic carbocycles. The third-order valence-electron chi connectivity index (χ3n) is 5.17. The van der Waals surface area contributed by atoms with Gasteiger partial charge in [0.1, 0.15) is 5.75 Å². The SMILES string of the molecule is COc1cc(-n2cccc2)c(Cl)cc1C(=O)N(C)C(c1ccccc1)c1ccccn1. The lowest BCUT2D eigenvalue weighted by atomic mass is 10.0. The van der Waals surface area contributed by atoms with Gasteiger partial charge in [0.05, 0.1) is 35.1 Å². The largest absolute Gasteiger partial charge is 0.496 e. The van der Waals surface area contributed by atoms with Gasteiger partial charge in [-0.05, 0) is 35.9 Å². The topological polar surface area (TPSA) is 47.4 Å². The fourth-order valence-electron chi connectivity index (χ4n) is 3.64. The molecule has 0 saturated heterocycles. The molecule has 4 aromatic rings. The summed E-state index contributed by atoms with van der Waals surface area (Å²) in [7, 11) is 3.31. The van der Waals surface area contributed by atoms with E-state index in [2.05, 4.69) is 4.98 Å². The zero-order chi connectivity index (χ0) is 21.8. The van der Waals surface area contributed by atoms with Crippen molar-refractivity contribution >= 4 is 17.5 Å². The van der Waals surface area contributed by atoms with Crippen molar-refractivity contribution in [2.75, 3.05) is 14.2 Å². The van der Waals surface area contributed by atoms with Gasteiger partial charge in [0.2, 0.25) is 0 Å². The Morgan fingerprint density at radius 1 is 1.03 bits per heavy atom. The van der Waals surface area contributed by atoms with Crippen LogP contribution in [0, 0.1) is 0 Å². The number of carbonyl (C=O) groups excluding carboxylic acids is 1. The smallest absolute Gasteiger partial charge is 0.258 e. The third-order valence-corrected chi connectivity index (χ3v) is 5.48. The summed E-state index contributed by atoms with van der Waals surface area (Å²) in [5.41, 5.74) is 2.87. The lowest BCUT2D eigenvalue weighted by Crippen LogP contribution is -2.32. The summed E-state index contributed by atoms with van der Waals surface area (Å²) < 4.78 is 7.44. The van der Waals surface area contributed by atoms with E-state index in [-0.39, 0.29) is 11.9 Å². The van der Waals surface area contributed by atoms with Gasteiger partial charge in [0.25, 0.3) is 5.91 Å². The van der Waals surface area contributed by atoms with Gasteiger partial charge in [0.15, 0.2) is 0 Å². The van der Waals surface area contributed by atoms with Crippen molar-refractivity contribution in [3.05, 3.63) is 113 Å². The summed E-state index contributed by atoms with van der Waals surface area (Å²) >= 11 is 6.55. The molecule has 156 valence electrons. The van der Waals surface area contributed by atoms with E-state index in [1.54, 1.807) is 37.4 Å². The molecular weight excluding hydrogens is 410 g/mol. The summed E-state index contributed by atoms with van der Waals surface area (Å²) in [5, 5.41) is 0.461. The van der Waals surface area contributed by atoms with Crippen LogP contribution in [0.1, 0.15) is 27.7 Å². The Labute approximate surface area is 186 Å². The molecule has 4 rings (SSSR count). The minimum absolute atomic E-state index is 0.211. The molecule has 0 spiro atoms. The first kappa shape index (κ1) is 20.7. The minimum atomic E-state index is -0.359. The molecule has 0 N–H and O–H groups in total. The summed E-state index contributed by atoms with van der Waals surface area (Å²) in [4.78, 5) is 19.8. The Bertz CT molecular complexity index is 1120. The number of benzene rings is 2. The van der Waals surface area contributed by atoms with E-state index in [0.29, 0.717) is 16.3 Å². The average molecular weight is 432 g/mol. The number of nitrogens with zero attached hydrogens (tertiary/aromatic N) is 3. The highest BCUT2D eigenvalue weighted by Crippen LogP contribution is 2.33. The van der Waals surface area contributed by atoms with Crippen LogP contribution in [0.25, 0.3) is 5.69 Å². The third kappa shape index (κ3) is 4.18. The van der Waals surface area contributed by atoms with Gasteiger partial charge in [-0.2, -0.15) is 0 Å². The maximum Gasteiger partial charge on any atom is 0.258 e. The molecule has 0 aliphatic rings. The summed E-state index contributed by atoms with van der Waals surface area (Å²) in [6, 6.07) is 22.4. The number of hydrogen-bond acceptors (Lipinski definition) is 3. The molecule has 1 amide bonds. The highest BCUT2D eigenvalue weighted by atomic mass is 35.5. The molecule has 0 bridgehead atoms. The lowest BCUT2D eigenvalue weighted by Gasteiger charge is -2.29. The molecule has 6 heteroatoms. The van der Waals surface area contributed by atoms with E-state index in [1.165, 1.54) is 0 Å². The van der Waals surface area contributed by atoms with Crippen molar-refractivity contribution in [3.63, 3.8) is 0 Å². The van der Waals surface area contributed by atoms with Crippen LogP contribution in [-0.4, -0.2) is 34.5 Å². The van der Waals surface area contributed by atoms with Gasteiger partial charge >= 0.3 is 0 Å². The van der Waals surface area contributed by atoms with E-state index in [1.807, 2.05) is 77.6 Å². The maximum atomic E-state index is 13.6.